The van der Waals surface area contributed by atoms with Crippen LogP contribution in [0.15, 0.2) is 0 Å². The van der Waals surface area contributed by atoms with Gasteiger partial charge < -0.3 is 9.64 Å². The van der Waals surface area contributed by atoms with Gasteiger partial charge in [-0.05, 0) is 19.3 Å². The lowest BCUT2D eigenvalue weighted by atomic mass is 9.87. The number of hydrogen-bond donors (Lipinski definition) is 0. The molecule has 2 saturated heterocycles. The maximum atomic E-state index is 12.1. The lowest BCUT2D eigenvalue weighted by molar-refractivity contribution is -0.149. The van der Waals surface area contributed by atoms with Crippen molar-refractivity contribution < 1.29 is 14.3 Å². The molecule has 90 valence electrons. The van der Waals surface area contributed by atoms with Crippen LogP contribution >= 0.6 is 0 Å². The molecule has 16 heavy (non-hydrogen) atoms. The van der Waals surface area contributed by atoms with Gasteiger partial charge in [0, 0.05) is 18.0 Å². The monoisotopic (exact) mass is 225 g/mol. The summed E-state index contributed by atoms with van der Waals surface area (Å²) in [7, 11) is 1.41. The van der Waals surface area contributed by atoms with Crippen LogP contribution < -0.4 is 0 Å². The zero-order valence-corrected chi connectivity index (χ0v) is 10.2. The van der Waals surface area contributed by atoms with Crippen LogP contribution in [0.1, 0.15) is 33.1 Å². The first-order chi connectivity index (χ1) is 7.45. The van der Waals surface area contributed by atoms with Crippen LogP contribution in [0.2, 0.25) is 0 Å². The van der Waals surface area contributed by atoms with Crippen molar-refractivity contribution in [3.05, 3.63) is 0 Å². The van der Waals surface area contributed by atoms with Gasteiger partial charge in [0.15, 0.2) is 0 Å². The number of methoxy groups -OCH3 is 1. The molecule has 0 radical (unpaired) electrons. The van der Waals surface area contributed by atoms with Gasteiger partial charge in [0.1, 0.15) is 0 Å². The van der Waals surface area contributed by atoms with E-state index in [1.54, 1.807) is 0 Å². The molecule has 0 spiro atoms. The summed E-state index contributed by atoms with van der Waals surface area (Å²) in [5.41, 5.74) is -0.254. The number of carbonyl (C=O) groups excluding carboxylic acids is 2. The fourth-order valence-electron chi connectivity index (χ4n) is 2.91. The maximum absolute atomic E-state index is 12.1. The topological polar surface area (TPSA) is 46.6 Å². The number of rotatable bonds is 1. The van der Waals surface area contributed by atoms with Gasteiger partial charge in [-0.15, -0.1) is 0 Å². The molecule has 0 saturated carbocycles. The Morgan fingerprint density at radius 2 is 2.12 bits per heavy atom. The minimum absolute atomic E-state index is 0.126. The van der Waals surface area contributed by atoms with Crippen LogP contribution in [0.3, 0.4) is 0 Å². The smallest absolute Gasteiger partial charge is 0.310 e. The van der Waals surface area contributed by atoms with Crippen molar-refractivity contribution in [1.29, 1.82) is 0 Å². The van der Waals surface area contributed by atoms with Crippen LogP contribution in [0.5, 0.6) is 0 Å². The Morgan fingerprint density at radius 3 is 2.75 bits per heavy atom. The quantitative estimate of drug-likeness (QED) is 0.630. The van der Waals surface area contributed by atoms with Crippen molar-refractivity contribution >= 4 is 11.9 Å². The summed E-state index contributed by atoms with van der Waals surface area (Å²) in [6.45, 7) is 4.52. The second kappa shape index (κ2) is 3.75. The summed E-state index contributed by atoms with van der Waals surface area (Å²) in [6.07, 6.45) is 2.69. The Bertz CT molecular complexity index is 324. The Morgan fingerprint density at radius 1 is 1.44 bits per heavy atom. The molecular formula is C12H19NO3. The molecular weight excluding hydrogens is 206 g/mol. The molecule has 2 atom stereocenters. The van der Waals surface area contributed by atoms with Crippen molar-refractivity contribution in [2.24, 2.45) is 11.3 Å². The molecule has 1 amide bonds. The lowest BCUT2D eigenvalue weighted by Crippen LogP contribution is -2.45. The number of fused-ring (bicyclic) bond motifs is 1. The summed E-state index contributed by atoms with van der Waals surface area (Å²) in [6, 6.07) is 0.336. The number of carbonyl (C=O) groups is 2. The van der Waals surface area contributed by atoms with E-state index in [0.717, 1.165) is 19.3 Å². The van der Waals surface area contributed by atoms with E-state index >= 15 is 0 Å². The Balaban J connectivity index is 2.10. The van der Waals surface area contributed by atoms with E-state index in [9.17, 15) is 9.59 Å². The number of piperidine rings is 1. The standard InChI is InChI=1S/C12H19NO3/c1-12(2)6-9-5-4-8(10(14)16-3)7-13(9)11(12)15/h8-9H,4-7H2,1-3H3/t8-,9-/m0/s1. The third kappa shape index (κ3) is 1.70. The van der Waals surface area contributed by atoms with E-state index in [2.05, 4.69) is 0 Å². The first kappa shape index (κ1) is 11.4. The summed E-state index contributed by atoms with van der Waals surface area (Å²) >= 11 is 0. The summed E-state index contributed by atoms with van der Waals surface area (Å²) in [4.78, 5) is 25.4. The summed E-state index contributed by atoms with van der Waals surface area (Å²) in [5, 5.41) is 0. The van der Waals surface area contributed by atoms with E-state index in [4.69, 9.17) is 4.74 Å². The third-order valence-corrected chi connectivity index (χ3v) is 3.83. The highest BCUT2D eigenvalue weighted by Gasteiger charge is 2.48. The highest BCUT2D eigenvalue weighted by Crippen LogP contribution is 2.40. The van der Waals surface area contributed by atoms with Crippen LogP contribution in [0.4, 0.5) is 0 Å². The predicted molar refractivity (Wildman–Crippen MR) is 58.6 cm³/mol. The van der Waals surface area contributed by atoms with Gasteiger partial charge in [0.2, 0.25) is 5.91 Å². The predicted octanol–water partition coefficient (Wildman–Crippen LogP) is 1.20. The fraction of sp³-hybridized carbons (Fsp3) is 0.833. The van der Waals surface area contributed by atoms with Crippen LogP contribution in [0, 0.1) is 11.3 Å². The molecule has 2 fully saturated rings. The van der Waals surface area contributed by atoms with E-state index in [1.165, 1.54) is 7.11 Å². The first-order valence-electron chi connectivity index (χ1n) is 5.84. The number of ether oxygens (including phenoxy) is 1. The number of esters is 1. The van der Waals surface area contributed by atoms with Crippen molar-refractivity contribution in [1.82, 2.24) is 4.90 Å². The average Bonchev–Trinajstić information content (AvgIpc) is 2.48. The number of amides is 1. The molecule has 2 aliphatic rings. The van der Waals surface area contributed by atoms with Gasteiger partial charge >= 0.3 is 5.97 Å². The molecule has 0 N–H and O–H groups in total. The normalized spacial score (nSPS) is 32.4. The highest BCUT2D eigenvalue weighted by molar-refractivity contribution is 5.85. The van der Waals surface area contributed by atoms with Crippen molar-refractivity contribution in [2.75, 3.05) is 13.7 Å². The lowest BCUT2D eigenvalue weighted by Gasteiger charge is -2.33. The zero-order chi connectivity index (χ0) is 11.9. The van der Waals surface area contributed by atoms with E-state index in [0.29, 0.717) is 12.6 Å². The molecule has 2 rings (SSSR count). The SMILES string of the molecule is COC(=O)[C@H]1CC[C@H]2CC(C)(C)C(=O)N2C1. The fourth-order valence-corrected chi connectivity index (χ4v) is 2.91. The van der Waals surface area contributed by atoms with Gasteiger partial charge in [-0.3, -0.25) is 9.59 Å². The van der Waals surface area contributed by atoms with E-state index in [1.807, 2.05) is 18.7 Å². The van der Waals surface area contributed by atoms with Crippen molar-refractivity contribution in [3.63, 3.8) is 0 Å². The molecule has 2 heterocycles. The van der Waals surface area contributed by atoms with E-state index in [-0.39, 0.29) is 23.2 Å². The summed E-state index contributed by atoms with van der Waals surface area (Å²) in [5.74, 6) is -0.124. The van der Waals surface area contributed by atoms with Gasteiger partial charge in [-0.2, -0.15) is 0 Å². The number of nitrogens with zero attached hydrogens (tertiary/aromatic N) is 1. The molecule has 0 aromatic rings. The van der Waals surface area contributed by atoms with Crippen LogP contribution in [-0.2, 0) is 14.3 Å². The molecule has 0 bridgehead atoms. The first-order valence-corrected chi connectivity index (χ1v) is 5.84. The minimum atomic E-state index is -0.254. The van der Waals surface area contributed by atoms with Crippen LogP contribution in [0.25, 0.3) is 0 Å². The highest BCUT2D eigenvalue weighted by atomic mass is 16.5. The third-order valence-electron chi connectivity index (χ3n) is 3.83. The average molecular weight is 225 g/mol. The Hall–Kier alpha value is -1.06. The molecule has 4 heteroatoms. The molecule has 4 nitrogen and oxygen atoms in total. The van der Waals surface area contributed by atoms with Crippen LogP contribution in [-0.4, -0.2) is 36.5 Å². The zero-order valence-electron chi connectivity index (χ0n) is 10.2. The van der Waals surface area contributed by atoms with E-state index < -0.39 is 0 Å². The Labute approximate surface area is 95.9 Å². The molecule has 0 aliphatic carbocycles. The molecule has 0 aromatic carbocycles. The molecule has 2 aliphatic heterocycles. The largest absolute Gasteiger partial charge is 0.469 e. The number of hydrogen-bond acceptors (Lipinski definition) is 3. The van der Waals surface area contributed by atoms with Gasteiger partial charge in [0.05, 0.1) is 13.0 Å². The van der Waals surface area contributed by atoms with Crippen molar-refractivity contribution in [3.8, 4) is 0 Å². The summed E-state index contributed by atoms with van der Waals surface area (Å²) < 4.78 is 4.75. The van der Waals surface area contributed by atoms with Gasteiger partial charge in [-0.25, -0.2) is 0 Å². The second-order valence-corrected chi connectivity index (χ2v) is 5.50. The molecule has 0 aromatic heterocycles. The Kier molecular flexibility index (Phi) is 2.68. The molecule has 0 unspecified atom stereocenters. The minimum Gasteiger partial charge on any atom is -0.469 e. The second-order valence-electron chi connectivity index (χ2n) is 5.50. The van der Waals surface area contributed by atoms with Gasteiger partial charge in [-0.1, -0.05) is 13.8 Å². The van der Waals surface area contributed by atoms with Gasteiger partial charge in [0.25, 0.3) is 0 Å². The van der Waals surface area contributed by atoms with Crippen molar-refractivity contribution in [2.45, 2.75) is 39.2 Å². The maximum Gasteiger partial charge on any atom is 0.310 e.